The summed E-state index contributed by atoms with van der Waals surface area (Å²) in [4.78, 5) is 38.5. The smallest absolute Gasteiger partial charge is 0.224 e. The molecule has 0 fully saturated rings. The van der Waals surface area contributed by atoms with Gasteiger partial charge in [0.15, 0.2) is 15.6 Å². The van der Waals surface area contributed by atoms with E-state index in [0.717, 1.165) is 11.6 Å². The van der Waals surface area contributed by atoms with Crippen molar-refractivity contribution in [1.82, 2.24) is 10.6 Å². The van der Waals surface area contributed by atoms with Gasteiger partial charge in [0.1, 0.15) is 11.6 Å². The number of aryl methyl sites for hydroxylation is 1. The molecular formula is C32H36F2N2O5S. The number of Topliss-reactive ketones (excluding diaryl/α,β-unsaturated/α-hetero) is 1. The molecule has 3 rings (SSSR count). The minimum Gasteiger partial charge on any atom is -0.356 e. The Balaban J connectivity index is 1.65. The zero-order valence-electron chi connectivity index (χ0n) is 24.2. The first-order chi connectivity index (χ1) is 19.6. The molecule has 0 saturated heterocycles. The van der Waals surface area contributed by atoms with Gasteiger partial charge in [-0.3, -0.25) is 14.4 Å². The second kappa shape index (κ2) is 13.8. The summed E-state index contributed by atoms with van der Waals surface area (Å²) in [5, 5.41) is 5.38. The second-order valence-corrected chi connectivity index (χ2v) is 13.4. The number of nitrogens with one attached hydrogen (secondary N) is 2. The monoisotopic (exact) mass is 598 g/mol. The number of carbonyl (C=O) groups excluding carboxylic acids is 3. The highest BCUT2D eigenvalue weighted by Gasteiger charge is 2.30. The Morgan fingerprint density at radius 1 is 0.905 bits per heavy atom. The van der Waals surface area contributed by atoms with Crippen LogP contribution in [0.25, 0.3) is 11.1 Å². The van der Waals surface area contributed by atoms with Gasteiger partial charge in [0.25, 0.3) is 0 Å². The van der Waals surface area contributed by atoms with Gasteiger partial charge in [-0.25, -0.2) is 17.2 Å². The van der Waals surface area contributed by atoms with Crippen molar-refractivity contribution in [1.29, 1.82) is 0 Å². The van der Waals surface area contributed by atoms with Crippen LogP contribution in [0.15, 0.2) is 71.6 Å². The standard InChI is InChI=1S/C32H36F2N2O5S/c1-21-10-13-26(14-11-21)42(40,41)20-24(19-30(38)36-32(2,3)4)31(39)35-16-6-9-29(37)27-18-23(12-15-28(27)34)22-7-5-8-25(33)17-22/h5,7-8,10-15,17-18,24H,6,9,16,19-20H2,1-4H3,(H,35,39)(H,36,38)/t24-/m1/s1. The first-order valence-electron chi connectivity index (χ1n) is 13.6. The van der Waals surface area contributed by atoms with Crippen LogP contribution >= 0.6 is 0 Å². The summed E-state index contributed by atoms with van der Waals surface area (Å²) in [6.07, 6.45) is -0.286. The Kier molecular flexibility index (Phi) is 10.7. The highest BCUT2D eigenvalue weighted by Crippen LogP contribution is 2.24. The number of amides is 2. The van der Waals surface area contributed by atoms with Crippen molar-refractivity contribution in [2.45, 2.75) is 57.4 Å². The van der Waals surface area contributed by atoms with E-state index >= 15 is 0 Å². The van der Waals surface area contributed by atoms with Crippen LogP contribution in [0, 0.1) is 24.5 Å². The molecule has 1 atom stereocenters. The highest BCUT2D eigenvalue weighted by atomic mass is 32.2. The first-order valence-corrected chi connectivity index (χ1v) is 15.3. The van der Waals surface area contributed by atoms with Crippen LogP contribution in [0.1, 0.15) is 56.0 Å². The van der Waals surface area contributed by atoms with E-state index in [1.165, 1.54) is 42.5 Å². The minimum absolute atomic E-state index is 0.0117. The summed E-state index contributed by atoms with van der Waals surface area (Å²) in [5.74, 6) is -4.52. The quantitative estimate of drug-likeness (QED) is 0.214. The molecule has 224 valence electrons. The molecule has 0 bridgehead atoms. The third-order valence-electron chi connectivity index (χ3n) is 6.42. The summed E-state index contributed by atoms with van der Waals surface area (Å²) in [7, 11) is -3.89. The Bertz CT molecular complexity index is 1550. The van der Waals surface area contributed by atoms with Gasteiger partial charge in [-0.15, -0.1) is 0 Å². The molecule has 0 aliphatic heterocycles. The van der Waals surface area contributed by atoms with Gasteiger partial charge >= 0.3 is 0 Å². The third-order valence-corrected chi connectivity index (χ3v) is 8.25. The molecule has 7 nitrogen and oxygen atoms in total. The lowest BCUT2D eigenvalue weighted by Gasteiger charge is -2.23. The summed E-state index contributed by atoms with van der Waals surface area (Å²) in [6, 6.07) is 15.9. The molecule has 0 saturated carbocycles. The molecular weight excluding hydrogens is 562 g/mol. The van der Waals surface area contributed by atoms with Crippen molar-refractivity contribution in [3.8, 4) is 11.1 Å². The van der Waals surface area contributed by atoms with Gasteiger partial charge in [-0.05, 0) is 81.6 Å². The van der Waals surface area contributed by atoms with Gasteiger partial charge in [0, 0.05) is 24.9 Å². The van der Waals surface area contributed by atoms with Crippen LogP contribution in [0.4, 0.5) is 8.78 Å². The lowest BCUT2D eigenvalue weighted by molar-refractivity contribution is -0.130. The van der Waals surface area contributed by atoms with E-state index < -0.39 is 56.3 Å². The van der Waals surface area contributed by atoms with Gasteiger partial charge in [0.05, 0.1) is 22.1 Å². The van der Waals surface area contributed by atoms with Crippen molar-refractivity contribution in [2.75, 3.05) is 12.3 Å². The molecule has 2 amide bonds. The highest BCUT2D eigenvalue weighted by molar-refractivity contribution is 7.91. The Hall–Kier alpha value is -3.92. The molecule has 0 heterocycles. The topological polar surface area (TPSA) is 109 Å². The van der Waals surface area contributed by atoms with Crippen molar-refractivity contribution in [2.24, 2.45) is 5.92 Å². The van der Waals surface area contributed by atoms with Crippen LogP contribution in [0.5, 0.6) is 0 Å². The lowest BCUT2D eigenvalue weighted by Crippen LogP contribution is -2.44. The van der Waals surface area contributed by atoms with Gasteiger partial charge in [-0.1, -0.05) is 35.9 Å². The fraction of sp³-hybridized carbons (Fsp3) is 0.344. The average Bonchev–Trinajstić information content (AvgIpc) is 2.89. The van der Waals surface area contributed by atoms with E-state index in [4.69, 9.17) is 0 Å². The van der Waals surface area contributed by atoms with Crippen molar-refractivity contribution < 1.29 is 31.6 Å². The predicted octanol–water partition coefficient (Wildman–Crippen LogP) is 5.41. The minimum atomic E-state index is -3.89. The zero-order valence-corrected chi connectivity index (χ0v) is 25.0. The number of hydrogen-bond acceptors (Lipinski definition) is 5. The maximum Gasteiger partial charge on any atom is 0.224 e. The maximum absolute atomic E-state index is 14.5. The zero-order chi connectivity index (χ0) is 31.1. The molecule has 0 aliphatic rings. The van der Waals surface area contributed by atoms with Crippen LogP contribution in [-0.2, 0) is 19.4 Å². The fourth-order valence-corrected chi connectivity index (χ4v) is 5.90. The van der Waals surface area contributed by atoms with Crippen molar-refractivity contribution >= 4 is 27.4 Å². The molecule has 10 heteroatoms. The normalized spacial score (nSPS) is 12.4. The molecule has 0 unspecified atom stereocenters. The molecule has 2 N–H and O–H groups in total. The van der Waals surface area contributed by atoms with Crippen LogP contribution in [-0.4, -0.2) is 43.9 Å². The summed E-state index contributed by atoms with van der Waals surface area (Å²) >= 11 is 0. The van der Waals surface area contributed by atoms with E-state index in [1.807, 2.05) is 6.92 Å². The molecule has 0 radical (unpaired) electrons. The van der Waals surface area contributed by atoms with Crippen molar-refractivity contribution in [3.63, 3.8) is 0 Å². The summed E-state index contributed by atoms with van der Waals surface area (Å²) in [5.41, 5.74) is 1.14. The van der Waals surface area contributed by atoms with Gasteiger partial charge < -0.3 is 10.6 Å². The molecule has 0 aromatic heterocycles. The second-order valence-electron chi connectivity index (χ2n) is 11.3. The number of rotatable bonds is 12. The molecule has 0 spiro atoms. The van der Waals surface area contributed by atoms with Crippen molar-refractivity contribution in [3.05, 3.63) is 89.5 Å². The summed E-state index contributed by atoms with van der Waals surface area (Å²) < 4.78 is 54.2. The Morgan fingerprint density at radius 3 is 2.21 bits per heavy atom. The largest absolute Gasteiger partial charge is 0.356 e. The molecule has 3 aromatic rings. The predicted molar refractivity (Wildman–Crippen MR) is 158 cm³/mol. The molecule has 42 heavy (non-hydrogen) atoms. The number of hydrogen-bond donors (Lipinski definition) is 2. The summed E-state index contributed by atoms with van der Waals surface area (Å²) in [6.45, 7) is 7.16. The van der Waals surface area contributed by atoms with Gasteiger partial charge in [0.2, 0.25) is 11.8 Å². The van der Waals surface area contributed by atoms with E-state index in [-0.39, 0.29) is 36.3 Å². The van der Waals surface area contributed by atoms with E-state index in [0.29, 0.717) is 11.1 Å². The fourth-order valence-electron chi connectivity index (χ4n) is 4.35. The number of ketones is 1. The lowest BCUT2D eigenvalue weighted by atomic mass is 9.99. The number of benzene rings is 3. The SMILES string of the molecule is Cc1ccc(S(=O)(=O)C[C@@H](CC(=O)NC(C)(C)C)C(=O)NCCCC(=O)c2cc(-c3cccc(F)c3)ccc2F)cc1. The molecule has 3 aromatic carbocycles. The van der Waals surface area contributed by atoms with E-state index in [2.05, 4.69) is 10.6 Å². The number of carbonyl (C=O) groups is 3. The van der Waals surface area contributed by atoms with E-state index in [1.54, 1.807) is 39.0 Å². The maximum atomic E-state index is 14.5. The Labute approximate surface area is 245 Å². The van der Waals surface area contributed by atoms with Gasteiger partial charge in [-0.2, -0.15) is 0 Å². The first kappa shape index (κ1) is 32.6. The molecule has 0 aliphatic carbocycles. The number of halogens is 2. The van der Waals surface area contributed by atoms with Crippen LogP contribution in [0.3, 0.4) is 0 Å². The van der Waals surface area contributed by atoms with Crippen LogP contribution in [0.2, 0.25) is 0 Å². The third kappa shape index (κ3) is 9.58. The van der Waals surface area contributed by atoms with E-state index in [9.17, 15) is 31.6 Å². The Morgan fingerprint density at radius 2 is 1.57 bits per heavy atom. The average molecular weight is 599 g/mol. The van der Waals surface area contributed by atoms with Crippen LogP contribution < -0.4 is 10.6 Å². The number of sulfone groups is 1.